The predicted molar refractivity (Wildman–Crippen MR) is 41.4 cm³/mol. The Morgan fingerprint density at radius 2 is 2.36 bits per heavy atom. The first kappa shape index (κ1) is 6.94. The average Bonchev–Trinajstić information content (AvgIpc) is 2.34. The fourth-order valence-electron chi connectivity index (χ4n) is 0.866. The van der Waals surface area contributed by atoms with E-state index in [1.54, 1.807) is 6.20 Å². The summed E-state index contributed by atoms with van der Waals surface area (Å²) in [5.74, 6) is 0. The predicted octanol–water partition coefficient (Wildman–Crippen LogP) is -0.541. The minimum atomic E-state index is -0.504. The highest BCUT2D eigenvalue weighted by molar-refractivity contribution is 6.45. The third kappa shape index (κ3) is 1.08. The lowest BCUT2D eigenvalue weighted by Crippen LogP contribution is -2.38. The molecule has 2 N–H and O–H groups in total. The second kappa shape index (κ2) is 2.39. The molecule has 1 aliphatic rings. The summed E-state index contributed by atoms with van der Waals surface area (Å²) < 4.78 is 0. The van der Waals surface area contributed by atoms with Crippen molar-refractivity contribution in [3.05, 3.63) is 16.9 Å². The second-order valence-corrected chi connectivity index (χ2v) is 2.85. The van der Waals surface area contributed by atoms with Gasteiger partial charge in [-0.05, 0) is 0 Å². The first-order chi connectivity index (χ1) is 5.27. The molecule has 1 atom stereocenters. The molecule has 0 fully saturated rings. The maximum atomic E-state index is 5.78. The Morgan fingerprint density at radius 3 is 3.18 bits per heavy atom. The SMILES string of the molecule is ClC1=c2cn[nH]c2=NC(Cl)N1. The summed E-state index contributed by atoms with van der Waals surface area (Å²) in [4.78, 5) is 3.99. The van der Waals surface area contributed by atoms with Crippen molar-refractivity contribution >= 4 is 28.4 Å². The van der Waals surface area contributed by atoms with E-state index in [1.165, 1.54) is 0 Å². The monoisotopic (exact) mass is 190 g/mol. The van der Waals surface area contributed by atoms with E-state index in [0.717, 1.165) is 5.22 Å². The summed E-state index contributed by atoms with van der Waals surface area (Å²) in [5, 5.41) is 10.4. The largest absolute Gasteiger partial charge is 0.341 e. The molecule has 4 nitrogen and oxygen atoms in total. The molecule has 0 radical (unpaired) electrons. The van der Waals surface area contributed by atoms with E-state index in [2.05, 4.69) is 20.5 Å². The minimum absolute atomic E-state index is 0.476. The van der Waals surface area contributed by atoms with Gasteiger partial charge in [0.05, 0.1) is 11.4 Å². The molecule has 2 rings (SSSR count). The number of H-pyrrole nitrogens is 1. The van der Waals surface area contributed by atoms with E-state index in [4.69, 9.17) is 23.2 Å². The maximum absolute atomic E-state index is 5.78. The van der Waals surface area contributed by atoms with Gasteiger partial charge in [0.2, 0.25) is 0 Å². The molecule has 0 spiro atoms. The molecule has 0 aromatic carbocycles. The van der Waals surface area contributed by atoms with Gasteiger partial charge in [0.15, 0.2) is 11.1 Å². The minimum Gasteiger partial charge on any atom is -0.341 e. The summed E-state index contributed by atoms with van der Waals surface area (Å²) in [7, 11) is 0. The zero-order valence-corrected chi connectivity index (χ0v) is 6.82. The molecule has 1 aromatic heterocycles. The number of nitrogens with zero attached hydrogens (tertiary/aromatic N) is 2. The van der Waals surface area contributed by atoms with Crippen LogP contribution in [-0.4, -0.2) is 15.8 Å². The lowest BCUT2D eigenvalue weighted by Gasteiger charge is -2.09. The van der Waals surface area contributed by atoms with Crippen molar-refractivity contribution < 1.29 is 0 Å². The van der Waals surface area contributed by atoms with Gasteiger partial charge < -0.3 is 5.32 Å². The third-order valence-corrected chi connectivity index (χ3v) is 1.86. The highest BCUT2D eigenvalue weighted by Crippen LogP contribution is 2.02. The molecule has 1 aliphatic heterocycles. The van der Waals surface area contributed by atoms with Crippen molar-refractivity contribution in [3.63, 3.8) is 0 Å². The van der Waals surface area contributed by atoms with E-state index >= 15 is 0 Å². The Morgan fingerprint density at radius 1 is 1.55 bits per heavy atom. The van der Waals surface area contributed by atoms with Gasteiger partial charge in [-0.25, -0.2) is 4.99 Å². The molecule has 1 aromatic rings. The van der Waals surface area contributed by atoms with Crippen LogP contribution in [0.1, 0.15) is 0 Å². The maximum Gasteiger partial charge on any atom is 0.198 e. The van der Waals surface area contributed by atoms with E-state index in [0.29, 0.717) is 10.6 Å². The Kier molecular flexibility index (Phi) is 1.51. The van der Waals surface area contributed by atoms with Gasteiger partial charge in [-0.2, -0.15) is 5.10 Å². The standard InChI is InChI=1S/C5H4Cl2N4/c6-3-2-1-8-11-4(2)10-5(7)9-3/h1,5,9H,(H,10,11). The van der Waals surface area contributed by atoms with Gasteiger partial charge in [-0.15, -0.1) is 0 Å². The van der Waals surface area contributed by atoms with Crippen LogP contribution in [0.15, 0.2) is 11.2 Å². The van der Waals surface area contributed by atoms with E-state index in [9.17, 15) is 0 Å². The number of nitrogens with one attached hydrogen (secondary N) is 2. The quantitative estimate of drug-likeness (QED) is 0.427. The van der Waals surface area contributed by atoms with Gasteiger partial charge in [0.25, 0.3) is 0 Å². The van der Waals surface area contributed by atoms with Crippen LogP contribution in [0, 0.1) is 0 Å². The highest BCUT2D eigenvalue weighted by atomic mass is 35.5. The van der Waals surface area contributed by atoms with Crippen LogP contribution < -0.4 is 16.0 Å². The molecule has 0 aliphatic carbocycles. The summed E-state index contributed by atoms with van der Waals surface area (Å²) in [5.41, 5.74) is 0.115. The normalized spacial score (nSPS) is 22.0. The topological polar surface area (TPSA) is 53.1 Å². The fourth-order valence-corrected chi connectivity index (χ4v) is 1.37. The Bertz CT molecular complexity index is 381. The molecule has 2 heterocycles. The number of alkyl halides is 1. The van der Waals surface area contributed by atoms with Crippen LogP contribution in [0.25, 0.3) is 5.16 Å². The molecular formula is C5H4Cl2N4. The molecular weight excluding hydrogens is 187 g/mol. The number of rotatable bonds is 0. The first-order valence-corrected chi connectivity index (χ1v) is 3.76. The van der Waals surface area contributed by atoms with Crippen LogP contribution in [0.3, 0.4) is 0 Å². The Balaban J connectivity index is 2.80. The van der Waals surface area contributed by atoms with Gasteiger partial charge >= 0.3 is 0 Å². The number of hydrogen-bond donors (Lipinski definition) is 2. The summed E-state index contributed by atoms with van der Waals surface area (Å²) in [6.45, 7) is 0. The lowest BCUT2D eigenvalue weighted by molar-refractivity contribution is 0.772. The van der Waals surface area contributed by atoms with Crippen molar-refractivity contribution in [2.24, 2.45) is 4.99 Å². The number of halogens is 2. The molecule has 0 amide bonds. The number of aromatic nitrogens is 2. The van der Waals surface area contributed by atoms with E-state index in [-0.39, 0.29) is 0 Å². The van der Waals surface area contributed by atoms with Crippen LogP contribution in [0.5, 0.6) is 0 Å². The molecule has 58 valence electrons. The van der Waals surface area contributed by atoms with Crippen LogP contribution in [0.2, 0.25) is 0 Å². The average molecular weight is 191 g/mol. The van der Waals surface area contributed by atoms with Gasteiger partial charge in [0.1, 0.15) is 5.16 Å². The van der Waals surface area contributed by atoms with Crippen LogP contribution in [0.4, 0.5) is 0 Å². The van der Waals surface area contributed by atoms with E-state index < -0.39 is 5.62 Å². The molecule has 11 heavy (non-hydrogen) atoms. The van der Waals surface area contributed by atoms with Gasteiger partial charge in [-0.3, -0.25) is 5.10 Å². The third-order valence-electron chi connectivity index (χ3n) is 1.34. The molecule has 0 bridgehead atoms. The van der Waals surface area contributed by atoms with Crippen molar-refractivity contribution in [3.8, 4) is 0 Å². The molecule has 6 heteroatoms. The number of hydrogen-bond acceptors (Lipinski definition) is 3. The summed E-state index contributed by atoms with van der Waals surface area (Å²) >= 11 is 11.4. The van der Waals surface area contributed by atoms with Crippen molar-refractivity contribution in [1.29, 1.82) is 0 Å². The van der Waals surface area contributed by atoms with Gasteiger partial charge in [-0.1, -0.05) is 23.2 Å². The highest BCUT2D eigenvalue weighted by Gasteiger charge is 2.09. The molecule has 0 saturated heterocycles. The summed E-state index contributed by atoms with van der Waals surface area (Å²) in [6.07, 6.45) is 1.59. The fraction of sp³-hybridized carbons (Fsp3) is 0.200. The Hall–Kier alpha value is -0.740. The number of fused-ring (bicyclic) bond motifs is 1. The zero-order chi connectivity index (χ0) is 7.84. The van der Waals surface area contributed by atoms with E-state index in [1.807, 2.05) is 0 Å². The molecule has 1 unspecified atom stereocenters. The van der Waals surface area contributed by atoms with Gasteiger partial charge in [0, 0.05) is 0 Å². The van der Waals surface area contributed by atoms with Crippen molar-refractivity contribution in [2.45, 2.75) is 5.62 Å². The second-order valence-electron chi connectivity index (χ2n) is 2.06. The lowest BCUT2D eigenvalue weighted by atomic mass is 10.5. The van der Waals surface area contributed by atoms with Crippen molar-refractivity contribution in [2.75, 3.05) is 0 Å². The van der Waals surface area contributed by atoms with Crippen LogP contribution in [-0.2, 0) is 0 Å². The first-order valence-electron chi connectivity index (χ1n) is 2.95. The Labute approximate surface area is 71.9 Å². The molecule has 0 saturated carbocycles. The zero-order valence-electron chi connectivity index (χ0n) is 5.31. The van der Waals surface area contributed by atoms with Crippen molar-refractivity contribution in [1.82, 2.24) is 15.5 Å². The summed E-state index contributed by atoms with van der Waals surface area (Å²) in [6, 6.07) is 0. The number of aromatic amines is 1. The van der Waals surface area contributed by atoms with Crippen LogP contribution >= 0.6 is 23.2 Å². The smallest absolute Gasteiger partial charge is 0.198 e.